The Balaban J connectivity index is 3.06. The summed E-state index contributed by atoms with van der Waals surface area (Å²) in [5.41, 5.74) is 1.29. The van der Waals surface area contributed by atoms with Gasteiger partial charge in [-0.25, -0.2) is 0 Å². The summed E-state index contributed by atoms with van der Waals surface area (Å²) in [6, 6.07) is 0. The summed E-state index contributed by atoms with van der Waals surface area (Å²) in [6.45, 7) is 18.0. The molecule has 0 unspecified atom stereocenters. The zero-order valence-electron chi connectivity index (χ0n) is 13.2. The molecule has 0 radical (unpaired) electrons. The Morgan fingerprint density at radius 3 is 2.22 bits per heavy atom. The highest BCUT2D eigenvalue weighted by Gasteiger charge is 2.39. The Kier molecular flexibility index (Phi) is 4.02. The standard InChI is InChI=1S/C16H28OSi/c1-13-10-9-11-16(5,6)12-14(13)17-18(7,8)15(2,3)4/h9-12H,1-8H3. The number of hydrogen-bond acceptors (Lipinski definition) is 1. The quantitative estimate of drug-likeness (QED) is 0.604. The van der Waals surface area contributed by atoms with Crippen molar-refractivity contribution in [1.82, 2.24) is 0 Å². The molecule has 0 aromatic heterocycles. The Labute approximate surface area is 114 Å². The van der Waals surface area contributed by atoms with E-state index in [0.29, 0.717) is 0 Å². The molecule has 0 saturated heterocycles. The molecule has 1 aliphatic rings. The third kappa shape index (κ3) is 3.61. The Morgan fingerprint density at radius 1 is 1.17 bits per heavy atom. The molecule has 0 aliphatic heterocycles. The molecule has 0 heterocycles. The van der Waals surface area contributed by atoms with Crippen molar-refractivity contribution in [2.75, 3.05) is 0 Å². The summed E-state index contributed by atoms with van der Waals surface area (Å²) >= 11 is 0. The highest BCUT2D eigenvalue weighted by atomic mass is 28.4. The van der Waals surface area contributed by atoms with Crippen LogP contribution < -0.4 is 0 Å². The minimum absolute atomic E-state index is 0.0615. The first-order valence-corrected chi connectivity index (χ1v) is 9.64. The molecule has 1 nitrogen and oxygen atoms in total. The average molecular weight is 264 g/mol. The second kappa shape index (κ2) is 4.73. The minimum atomic E-state index is -1.76. The lowest BCUT2D eigenvalue weighted by molar-refractivity contribution is 0.384. The maximum atomic E-state index is 6.46. The van der Waals surface area contributed by atoms with E-state index >= 15 is 0 Å². The molecule has 0 fully saturated rings. The molecule has 0 aromatic rings. The van der Waals surface area contributed by atoms with Gasteiger partial charge in [-0.2, -0.15) is 0 Å². The van der Waals surface area contributed by atoms with Gasteiger partial charge in [-0.3, -0.25) is 0 Å². The number of rotatable bonds is 2. The normalized spacial score (nSPS) is 20.0. The summed E-state index contributed by atoms with van der Waals surface area (Å²) in [5.74, 6) is 1.07. The first kappa shape index (κ1) is 15.3. The van der Waals surface area contributed by atoms with Crippen molar-refractivity contribution in [1.29, 1.82) is 0 Å². The summed E-state index contributed by atoms with van der Waals surface area (Å²) in [7, 11) is -1.76. The molecule has 102 valence electrons. The third-order valence-corrected chi connectivity index (χ3v) is 8.28. The predicted octanol–water partition coefficient (Wildman–Crippen LogP) is 5.43. The van der Waals surface area contributed by atoms with Crippen LogP contribution in [0, 0.1) is 5.41 Å². The first-order valence-electron chi connectivity index (χ1n) is 6.73. The second-order valence-corrected chi connectivity index (χ2v) is 12.1. The predicted molar refractivity (Wildman–Crippen MR) is 83.0 cm³/mol. The van der Waals surface area contributed by atoms with E-state index in [1.165, 1.54) is 5.57 Å². The van der Waals surface area contributed by atoms with Crippen LogP contribution in [0.25, 0.3) is 0 Å². The molecule has 0 atom stereocenters. The fourth-order valence-electron chi connectivity index (χ4n) is 1.56. The Hall–Kier alpha value is -0.763. The highest BCUT2D eigenvalue weighted by Crippen LogP contribution is 2.40. The van der Waals surface area contributed by atoms with Gasteiger partial charge in [0.25, 0.3) is 0 Å². The Bertz CT molecular complexity index is 403. The largest absolute Gasteiger partial charge is 0.544 e. The van der Waals surface area contributed by atoms with Crippen LogP contribution in [0.2, 0.25) is 18.1 Å². The topological polar surface area (TPSA) is 9.23 Å². The molecule has 1 rings (SSSR count). The maximum Gasteiger partial charge on any atom is 0.250 e. The van der Waals surface area contributed by atoms with Gasteiger partial charge < -0.3 is 4.43 Å². The van der Waals surface area contributed by atoms with Gasteiger partial charge in [0.15, 0.2) is 0 Å². The monoisotopic (exact) mass is 264 g/mol. The molecule has 0 saturated carbocycles. The van der Waals surface area contributed by atoms with Crippen molar-refractivity contribution < 1.29 is 4.43 Å². The summed E-state index contributed by atoms with van der Waals surface area (Å²) < 4.78 is 6.46. The third-order valence-electron chi connectivity index (χ3n) is 3.94. The summed E-state index contributed by atoms with van der Waals surface area (Å²) in [4.78, 5) is 0. The second-order valence-electron chi connectivity index (χ2n) is 7.40. The van der Waals surface area contributed by atoms with Gasteiger partial charge in [-0.05, 0) is 36.7 Å². The molecule has 0 spiro atoms. The van der Waals surface area contributed by atoms with E-state index in [0.717, 1.165) is 5.76 Å². The molecule has 0 amide bonds. The van der Waals surface area contributed by atoms with E-state index in [9.17, 15) is 0 Å². The van der Waals surface area contributed by atoms with E-state index in [1.54, 1.807) is 0 Å². The first-order chi connectivity index (χ1) is 7.95. The molecular formula is C16H28OSi. The van der Waals surface area contributed by atoms with Crippen LogP contribution in [0.4, 0.5) is 0 Å². The SMILES string of the molecule is CC1=CC=CC(C)(C)C=C1O[Si](C)(C)C(C)(C)C. The minimum Gasteiger partial charge on any atom is -0.544 e. The molecule has 18 heavy (non-hydrogen) atoms. The fourth-order valence-corrected chi connectivity index (χ4v) is 2.64. The zero-order chi connectivity index (χ0) is 14.2. The zero-order valence-corrected chi connectivity index (χ0v) is 14.2. The number of hydrogen-bond donors (Lipinski definition) is 0. The van der Waals surface area contributed by atoms with Crippen LogP contribution in [-0.4, -0.2) is 8.32 Å². The van der Waals surface area contributed by atoms with E-state index in [4.69, 9.17) is 4.43 Å². The molecule has 0 N–H and O–H groups in total. The van der Waals surface area contributed by atoms with E-state index < -0.39 is 8.32 Å². The van der Waals surface area contributed by atoms with E-state index in [2.05, 4.69) is 78.9 Å². The van der Waals surface area contributed by atoms with Crippen LogP contribution >= 0.6 is 0 Å². The van der Waals surface area contributed by atoms with Gasteiger partial charge in [-0.1, -0.05) is 52.8 Å². The van der Waals surface area contributed by atoms with Crippen molar-refractivity contribution in [2.24, 2.45) is 5.41 Å². The lowest BCUT2D eigenvalue weighted by Crippen LogP contribution is -2.40. The van der Waals surface area contributed by atoms with Crippen molar-refractivity contribution >= 4 is 8.32 Å². The average Bonchev–Trinajstić information content (AvgIpc) is 2.23. The van der Waals surface area contributed by atoms with Crippen molar-refractivity contribution in [3.8, 4) is 0 Å². The van der Waals surface area contributed by atoms with Gasteiger partial charge in [0.1, 0.15) is 5.76 Å². The molecule has 0 aromatic carbocycles. The van der Waals surface area contributed by atoms with Gasteiger partial charge in [-0.15, -0.1) is 0 Å². The van der Waals surface area contributed by atoms with E-state index in [1.807, 2.05) is 0 Å². The molecule has 2 heteroatoms. The smallest absolute Gasteiger partial charge is 0.250 e. The lowest BCUT2D eigenvalue weighted by atomic mass is 9.92. The van der Waals surface area contributed by atoms with Crippen LogP contribution in [0.3, 0.4) is 0 Å². The molecule has 1 aliphatic carbocycles. The lowest BCUT2D eigenvalue weighted by Gasteiger charge is -2.38. The van der Waals surface area contributed by atoms with Crippen LogP contribution in [0.15, 0.2) is 35.6 Å². The molecule has 0 bridgehead atoms. The number of allylic oxidation sites excluding steroid dienone is 5. The van der Waals surface area contributed by atoms with Crippen molar-refractivity contribution in [2.45, 2.75) is 59.7 Å². The van der Waals surface area contributed by atoms with E-state index in [-0.39, 0.29) is 10.5 Å². The van der Waals surface area contributed by atoms with Crippen molar-refractivity contribution in [3.05, 3.63) is 35.6 Å². The summed E-state index contributed by atoms with van der Waals surface area (Å²) in [6.07, 6.45) is 8.75. The fraction of sp³-hybridized carbons (Fsp3) is 0.625. The highest BCUT2D eigenvalue weighted by molar-refractivity contribution is 6.74. The summed E-state index contributed by atoms with van der Waals surface area (Å²) in [5, 5.41) is 0.234. The van der Waals surface area contributed by atoms with Crippen LogP contribution in [0.1, 0.15) is 41.5 Å². The maximum absolute atomic E-state index is 6.46. The Morgan fingerprint density at radius 2 is 1.72 bits per heavy atom. The van der Waals surface area contributed by atoms with Crippen molar-refractivity contribution in [3.63, 3.8) is 0 Å². The van der Waals surface area contributed by atoms with Gasteiger partial charge >= 0.3 is 0 Å². The molecular weight excluding hydrogens is 236 g/mol. The van der Waals surface area contributed by atoms with Gasteiger partial charge in [0.2, 0.25) is 8.32 Å². The van der Waals surface area contributed by atoms with Gasteiger partial charge in [0, 0.05) is 5.41 Å². The van der Waals surface area contributed by atoms with Crippen LogP contribution in [-0.2, 0) is 4.43 Å². The van der Waals surface area contributed by atoms with Gasteiger partial charge in [0.05, 0.1) is 0 Å². The van der Waals surface area contributed by atoms with Crippen LogP contribution in [0.5, 0.6) is 0 Å².